The van der Waals surface area contributed by atoms with Crippen molar-refractivity contribution in [2.45, 2.75) is 13.3 Å². The molecule has 1 heterocycles. The summed E-state index contributed by atoms with van der Waals surface area (Å²) in [5.41, 5.74) is 0.929. The number of aliphatic hydroxyl groups excluding tert-OH is 1. The van der Waals surface area contributed by atoms with Crippen LogP contribution in [0, 0.1) is 0 Å². The minimum Gasteiger partial charge on any atom is -0.512 e. The van der Waals surface area contributed by atoms with Crippen molar-refractivity contribution in [3.63, 3.8) is 0 Å². The zero-order valence-electron chi connectivity index (χ0n) is 8.80. The molecule has 0 aliphatic rings. The summed E-state index contributed by atoms with van der Waals surface area (Å²) in [6.07, 6.45) is 1.55. The predicted octanol–water partition coefficient (Wildman–Crippen LogP) is 2.87. The Morgan fingerprint density at radius 1 is 1.50 bits per heavy atom. The van der Waals surface area contributed by atoms with E-state index in [1.54, 1.807) is 0 Å². The number of hydrogen-bond acceptors (Lipinski definition) is 4. The van der Waals surface area contributed by atoms with Crippen molar-refractivity contribution < 1.29 is 9.90 Å². The number of aliphatic hydroxyl groups is 1. The van der Waals surface area contributed by atoms with Gasteiger partial charge in [-0.1, -0.05) is 12.1 Å². The maximum Gasteiger partial charge on any atom is 0.155 e. The van der Waals surface area contributed by atoms with E-state index in [2.05, 4.69) is 4.98 Å². The highest BCUT2D eigenvalue weighted by Crippen LogP contribution is 2.22. The number of allylic oxidation sites excluding steroid dienone is 2. The Balaban J connectivity index is 2.25. The topological polar surface area (TPSA) is 50.2 Å². The summed E-state index contributed by atoms with van der Waals surface area (Å²) >= 11 is 1.53. The SMILES string of the molecule is CC(=O)C=C(O)Cc1nc2ccccc2s1. The van der Waals surface area contributed by atoms with Crippen molar-refractivity contribution in [2.75, 3.05) is 0 Å². The van der Waals surface area contributed by atoms with Gasteiger partial charge in [0.25, 0.3) is 0 Å². The summed E-state index contributed by atoms with van der Waals surface area (Å²) in [5, 5.41) is 10.3. The third-order valence-corrected chi connectivity index (χ3v) is 3.08. The van der Waals surface area contributed by atoms with Crippen molar-refractivity contribution in [1.82, 2.24) is 4.98 Å². The molecule has 82 valence electrons. The molecule has 0 spiro atoms. The van der Waals surface area contributed by atoms with Gasteiger partial charge in [-0.2, -0.15) is 0 Å². The molecule has 1 N–H and O–H groups in total. The fourth-order valence-electron chi connectivity index (χ4n) is 1.44. The number of fused-ring (bicyclic) bond motifs is 1. The Kier molecular flexibility index (Phi) is 3.01. The lowest BCUT2D eigenvalue weighted by Gasteiger charge is -1.93. The van der Waals surface area contributed by atoms with Crippen molar-refractivity contribution in [3.8, 4) is 0 Å². The van der Waals surface area contributed by atoms with Crippen LogP contribution in [-0.4, -0.2) is 15.9 Å². The van der Waals surface area contributed by atoms with Gasteiger partial charge in [0.15, 0.2) is 5.78 Å². The number of nitrogens with zero attached hydrogens (tertiary/aromatic N) is 1. The highest BCUT2D eigenvalue weighted by Gasteiger charge is 2.05. The van der Waals surface area contributed by atoms with Gasteiger partial charge in [-0.15, -0.1) is 11.3 Å². The summed E-state index contributed by atoms with van der Waals surface area (Å²) in [7, 11) is 0. The van der Waals surface area contributed by atoms with Crippen LogP contribution in [-0.2, 0) is 11.2 Å². The van der Waals surface area contributed by atoms with Crippen LogP contribution >= 0.6 is 11.3 Å². The van der Waals surface area contributed by atoms with Crippen molar-refractivity contribution in [2.24, 2.45) is 0 Å². The van der Waals surface area contributed by atoms with Crippen molar-refractivity contribution in [1.29, 1.82) is 0 Å². The fraction of sp³-hybridized carbons (Fsp3) is 0.167. The van der Waals surface area contributed by atoms with E-state index in [1.807, 2.05) is 24.3 Å². The molecule has 0 aliphatic carbocycles. The lowest BCUT2D eigenvalue weighted by atomic mass is 10.3. The van der Waals surface area contributed by atoms with Crippen LogP contribution in [0.2, 0.25) is 0 Å². The smallest absolute Gasteiger partial charge is 0.155 e. The van der Waals surface area contributed by atoms with E-state index in [0.717, 1.165) is 15.2 Å². The average Bonchev–Trinajstić information content (AvgIpc) is 2.57. The van der Waals surface area contributed by atoms with Crippen molar-refractivity contribution in [3.05, 3.63) is 41.1 Å². The normalized spacial score (nSPS) is 11.9. The maximum atomic E-state index is 10.8. The molecule has 1 aromatic carbocycles. The van der Waals surface area contributed by atoms with Crippen molar-refractivity contribution >= 4 is 27.3 Å². The van der Waals surface area contributed by atoms with Gasteiger partial charge < -0.3 is 5.11 Å². The standard InChI is InChI=1S/C12H11NO2S/c1-8(14)6-9(15)7-12-13-10-4-2-3-5-11(10)16-12/h2-6,15H,7H2,1H3. The monoisotopic (exact) mass is 233 g/mol. The number of benzene rings is 1. The van der Waals surface area contributed by atoms with Gasteiger partial charge in [0, 0.05) is 6.08 Å². The van der Waals surface area contributed by atoms with Crippen LogP contribution < -0.4 is 0 Å². The second-order valence-electron chi connectivity index (χ2n) is 3.50. The van der Waals surface area contributed by atoms with Crippen LogP contribution in [0.1, 0.15) is 11.9 Å². The molecular formula is C12H11NO2S. The fourth-order valence-corrected chi connectivity index (χ4v) is 2.42. The molecule has 2 aromatic rings. The molecule has 0 radical (unpaired) electrons. The molecule has 0 saturated heterocycles. The number of carbonyl (C=O) groups is 1. The maximum absolute atomic E-state index is 10.8. The van der Waals surface area contributed by atoms with E-state index in [0.29, 0.717) is 6.42 Å². The second kappa shape index (κ2) is 4.45. The largest absolute Gasteiger partial charge is 0.512 e. The molecule has 0 saturated carbocycles. The molecule has 0 bridgehead atoms. The zero-order chi connectivity index (χ0) is 11.5. The Morgan fingerprint density at radius 3 is 2.94 bits per heavy atom. The summed E-state index contributed by atoms with van der Waals surface area (Å²) in [4.78, 5) is 15.1. The van der Waals surface area contributed by atoms with Crippen LogP contribution in [0.25, 0.3) is 10.2 Å². The molecule has 0 amide bonds. The number of aromatic nitrogens is 1. The van der Waals surface area contributed by atoms with Gasteiger partial charge in [0.1, 0.15) is 10.8 Å². The third-order valence-electron chi connectivity index (χ3n) is 2.04. The molecule has 2 rings (SSSR count). The first-order valence-corrected chi connectivity index (χ1v) is 5.71. The van der Waals surface area contributed by atoms with E-state index < -0.39 is 0 Å². The lowest BCUT2D eigenvalue weighted by molar-refractivity contribution is -0.112. The molecule has 0 fully saturated rings. The Morgan fingerprint density at radius 2 is 2.25 bits per heavy atom. The third kappa shape index (κ3) is 2.46. The summed E-state index contributed by atoms with van der Waals surface area (Å²) < 4.78 is 1.09. The molecule has 1 aromatic heterocycles. The number of para-hydroxylation sites is 1. The van der Waals surface area contributed by atoms with Gasteiger partial charge in [0.2, 0.25) is 0 Å². The van der Waals surface area contributed by atoms with E-state index in [-0.39, 0.29) is 11.5 Å². The molecular weight excluding hydrogens is 222 g/mol. The lowest BCUT2D eigenvalue weighted by Crippen LogP contribution is -1.92. The first kappa shape index (κ1) is 10.8. The highest BCUT2D eigenvalue weighted by atomic mass is 32.1. The Labute approximate surface area is 97.1 Å². The van der Waals surface area contributed by atoms with Crippen LogP contribution in [0.15, 0.2) is 36.1 Å². The van der Waals surface area contributed by atoms with Crippen LogP contribution in [0.3, 0.4) is 0 Å². The molecule has 3 nitrogen and oxygen atoms in total. The molecule has 0 unspecified atom stereocenters. The van der Waals surface area contributed by atoms with Gasteiger partial charge in [-0.3, -0.25) is 4.79 Å². The van der Waals surface area contributed by atoms with E-state index in [9.17, 15) is 9.90 Å². The Hall–Kier alpha value is -1.68. The highest BCUT2D eigenvalue weighted by molar-refractivity contribution is 7.18. The minimum absolute atomic E-state index is 0.0616. The van der Waals surface area contributed by atoms with E-state index in [4.69, 9.17) is 0 Å². The number of carbonyl (C=O) groups excluding carboxylic acids is 1. The zero-order valence-corrected chi connectivity index (χ0v) is 9.62. The minimum atomic E-state index is -0.154. The van der Waals surface area contributed by atoms with Crippen LogP contribution in [0.4, 0.5) is 0 Å². The molecule has 16 heavy (non-hydrogen) atoms. The van der Waals surface area contributed by atoms with E-state index in [1.165, 1.54) is 24.3 Å². The quantitative estimate of drug-likeness (QED) is 0.655. The summed E-state index contributed by atoms with van der Waals surface area (Å²) in [5.74, 6) is -0.0924. The van der Waals surface area contributed by atoms with E-state index >= 15 is 0 Å². The summed E-state index contributed by atoms with van der Waals surface area (Å²) in [6, 6.07) is 7.80. The second-order valence-corrected chi connectivity index (χ2v) is 4.61. The van der Waals surface area contributed by atoms with Gasteiger partial charge in [0.05, 0.1) is 16.6 Å². The Bertz CT molecular complexity index is 524. The number of ketones is 1. The number of rotatable bonds is 3. The predicted molar refractivity (Wildman–Crippen MR) is 64.7 cm³/mol. The van der Waals surface area contributed by atoms with Gasteiger partial charge in [-0.25, -0.2) is 4.98 Å². The summed E-state index contributed by atoms with van der Waals surface area (Å²) in [6.45, 7) is 1.41. The number of thiazole rings is 1. The molecule has 4 heteroatoms. The number of hydrogen-bond donors (Lipinski definition) is 1. The average molecular weight is 233 g/mol. The first-order chi connectivity index (χ1) is 7.65. The van der Waals surface area contributed by atoms with Gasteiger partial charge in [-0.05, 0) is 19.1 Å². The molecule has 0 aliphatic heterocycles. The van der Waals surface area contributed by atoms with Crippen LogP contribution in [0.5, 0.6) is 0 Å². The van der Waals surface area contributed by atoms with Gasteiger partial charge >= 0.3 is 0 Å². The molecule has 0 atom stereocenters. The first-order valence-electron chi connectivity index (χ1n) is 4.90.